The molecule has 56 valence electrons. The number of ether oxygens (including phenoxy) is 1. The van der Waals surface area contributed by atoms with Gasteiger partial charge in [0.25, 0.3) is 6.47 Å². The van der Waals surface area contributed by atoms with Crippen molar-refractivity contribution in [3.8, 4) is 0 Å². The van der Waals surface area contributed by atoms with Gasteiger partial charge in [-0.1, -0.05) is 5.16 Å². The molecule has 0 unspecified atom stereocenters. The Morgan fingerprint density at radius 3 is 2.70 bits per heavy atom. The number of carbonyl (C=O) groups is 1. The first-order valence-electron chi connectivity index (χ1n) is 2.81. The minimum atomic E-state index is 0.431. The number of rotatable bonds is 2. The van der Waals surface area contributed by atoms with E-state index in [1.165, 1.54) is 6.26 Å². The first-order valence-corrected chi connectivity index (χ1v) is 2.81. The van der Waals surface area contributed by atoms with Crippen LogP contribution in [0.3, 0.4) is 0 Å². The van der Waals surface area contributed by atoms with Gasteiger partial charge in [0.2, 0.25) is 0 Å². The van der Waals surface area contributed by atoms with E-state index >= 15 is 0 Å². The minimum absolute atomic E-state index is 0.431. The van der Waals surface area contributed by atoms with Gasteiger partial charge in [0, 0.05) is 0 Å². The summed E-state index contributed by atoms with van der Waals surface area (Å²) in [5, 5.41) is 3.35. The fourth-order valence-electron chi connectivity index (χ4n) is 0.244. The highest BCUT2D eigenvalue weighted by molar-refractivity contribution is 5.36. The van der Waals surface area contributed by atoms with Crippen LogP contribution in [-0.4, -0.2) is 18.2 Å². The lowest BCUT2D eigenvalue weighted by atomic mass is 10.8. The molecule has 1 heterocycles. The van der Waals surface area contributed by atoms with Gasteiger partial charge < -0.3 is 9.26 Å². The van der Waals surface area contributed by atoms with Crippen LogP contribution in [0.25, 0.3) is 0 Å². The molecule has 0 radical (unpaired) electrons. The fraction of sp³-hybridized carbons (Fsp3) is 0.333. The molecule has 1 aromatic rings. The van der Waals surface area contributed by atoms with Gasteiger partial charge >= 0.3 is 0 Å². The molecule has 0 aromatic carbocycles. The van der Waals surface area contributed by atoms with E-state index in [0.717, 1.165) is 0 Å². The molecule has 0 atom stereocenters. The van der Waals surface area contributed by atoms with Crippen molar-refractivity contribution in [3.05, 3.63) is 18.5 Å². The van der Waals surface area contributed by atoms with Gasteiger partial charge in [0.05, 0.1) is 12.8 Å². The van der Waals surface area contributed by atoms with Crippen molar-refractivity contribution in [2.75, 3.05) is 6.61 Å². The van der Waals surface area contributed by atoms with Gasteiger partial charge in [-0.3, -0.25) is 4.79 Å². The monoisotopic (exact) mass is 143 g/mol. The van der Waals surface area contributed by atoms with Crippen LogP contribution in [0.4, 0.5) is 0 Å². The average molecular weight is 143 g/mol. The highest BCUT2D eigenvalue weighted by Crippen LogP contribution is 1.72. The maximum atomic E-state index is 9.18. The SMILES string of the molecule is CCOC=O.c1cnoc1. The van der Waals surface area contributed by atoms with E-state index < -0.39 is 0 Å². The van der Waals surface area contributed by atoms with E-state index in [4.69, 9.17) is 0 Å². The molecule has 0 aliphatic heterocycles. The molecule has 0 fully saturated rings. The number of aromatic nitrogens is 1. The second-order valence-electron chi connectivity index (χ2n) is 1.24. The molecule has 0 N–H and O–H groups in total. The third-order valence-electron chi connectivity index (χ3n) is 0.582. The van der Waals surface area contributed by atoms with Crippen molar-refractivity contribution >= 4 is 6.47 Å². The van der Waals surface area contributed by atoms with Gasteiger partial charge in [0.1, 0.15) is 6.26 Å². The van der Waals surface area contributed by atoms with Gasteiger partial charge in [-0.2, -0.15) is 0 Å². The minimum Gasteiger partial charge on any atom is -0.468 e. The molecule has 10 heavy (non-hydrogen) atoms. The summed E-state index contributed by atoms with van der Waals surface area (Å²) in [5.41, 5.74) is 0. The lowest BCUT2D eigenvalue weighted by Gasteiger charge is -1.79. The van der Waals surface area contributed by atoms with E-state index in [1.54, 1.807) is 19.2 Å². The van der Waals surface area contributed by atoms with Gasteiger partial charge in [-0.15, -0.1) is 0 Å². The Morgan fingerprint density at radius 2 is 2.60 bits per heavy atom. The Labute approximate surface area is 58.8 Å². The summed E-state index contributed by atoms with van der Waals surface area (Å²) < 4.78 is 8.49. The number of nitrogens with zero attached hydrogens (tertiary/aromatic N) is 1. The normalized spacial score (nSPS) is 7.30. The average Bonchev–Trinajstić information content (AvgIpc) is 2.44. The Balaban J connectivity index is 0.000000162. The molecule has 1 aromatic heterocycles. The standard InChI is InChI=1S/C3H3NO.C3H6O2/c1-2-4-5-3-1;1-2-5-3-4/h1-3H;3H,2H2,1H3. The molecular formula is C6H9NO3. The number of hydrogen-bond donors (Lipinski definition) is 0. The summed E-state index contributed by atoms with van der Waals surface area (Å²) >= 11 is 0. The highest BCUT2D eigenvalue weighted by atomic mass is 16.5. The molecule has 0 bridgehead atoms. The van der Waals surface area contributed by atoms with Crippen LogP contribution in [0.1, 0.15) is 6.92 Å². The van der Waals surface area contributed by atoms with Crippen molar-refractivity contribution in [1.29, 1.82) is 0 Å². The maximum absolute atomic E-state index is 9.18. The Morgan fingerprint density at radius 1 is 1.80 bits per heavy atom. The Kier molecular flexibility index (Phi) is 6.67. The van der Waals surface area contributed by atoms with Crippen molar-refractivity contribution in [1.82, 2.24) is 5.16 Å². The molecule has 1 rings (SSSR count). The summed E-state index contributed by atoms with van der Waals surface area (Å²) in [6.07, 6.45) is 3.10. The van der Waals surface area contributed by atoms with Crippen molar-refractivity contribution in [2.45, 2.75) is 6.92 Å². The largest absolute Gasteiger partial charge is 0.468 e. The van der Waals surface area contributed by atoms with Crippen LogP contribution in [-0.2, 0) is 9.53 Å². The molecule has 4 nitrogen and oxygen atoms in total. The predicted molar refractivity (Wildman–Crippen MR) is 34.2 cm³/mol. The van der Waals surface area contributed by atoms with Gasteiger partial charge in [-0.05, 0) is 13.0 Å². The van der Waals surface area contributed by atoms with Crippen LogP contribution in [0.2, 0.25) is 0 Å². The zero-order chi connectivity index (χ0) is 7.66. The van der Waals surface area contributed by atoms with E-state index in [0.29, 0.717) is 13.1 Å². The fourth-order valence-corrected chi connectivity index (χ4v) is 0.244. The van der Waals surface area contributed by atoms with Crippen LogP contribution in [0, 0.1) is 0 Å². The summed E-state index contributed by atoms with van der Waals surface area (Å²) in [5.74, 6) is 0. The highest BCUT2D eigenvalue weighted by Gasteiger charge is 1.61. The topological polar surface area (TPSA) is 52.3 Å². The lowest BCUT2D eigenvalue weighted by molar-refractivity contribution is -0.128. The molecule has 0 saturated heterocycles. The second-order valence-corrected chi connectivity index (χ2v) is 1.24. The first-order chi connectivity index (χ1) is 4.91. The number of carbonyl (C=O) groups excluding carboxylic acids is 1. The Bertz CT molecular complexity index is 121. The molecular weight excluding hydrogens is 134 g/mol. The maximum Gasteiger partial charge on any atom is 0.293 e. The summed E-state index contributed by atoms with van der Waals surface area (Å²) in [6, 6.07) is 1.72. The smallest absolute Gasteiger partial charge is 0.293 e. The number of hydrogen-bond acceptors (Lipinski definition) is 4. The Hall–Kier alpha value is -1.32. The molecule has 0 aliphatic carbocycles. The van der Waals surface area contributed by atoms with E-state index in [2.05, 4.69) is 14.4 Å². The van der Waals surface area contributed by atoms with Crippen molar-refractivity contribution in [2.24, 2.45) is 0 Å². The molecule has 4 heteroatoms. The van der Waals surface area contributed by atoms with Gasteiger partial charge in [-0.25, -0.2) is 0 Å². The lowest BCUT2D eigenvalue weighted by Crippen LogP contribution is -1.80. The zero-order valence-corrected chi connectivity index (χ0v) is 5.69. The first kappa shape index (κ1) is 8.68. The van der Waals surface area contributed by atoms with E-state index in [1.807, 2.05) is 0 Å². The summed E-state index contributed by atoms with van der Waals surface area (Å²) in [7, 11) is 0. The van der Waals surface area contributed by atoms with Gasteiger partial charge in [0.15, 0.2) is 0 Å². The molecule has 0 spiro atoms. The third kappa shape index (κ3) is 6.68. The summed E-state index contributed by atoms with van der Waals surface area (Å²) in [6.45, 7) is 2.66. The molecule has 0 amide bonds. The molecule has 0 saturated carbocycles. The van der Waals surface area contributed by atoms with Crippen molar-refractivity contribution < 1.29 is 14.1 Å². The van der Waals surface area contributed by atoms with Crippen molar-refractivity contribution in [3.63, 3.8) is 0 Å². The quantitative estimate of drug-likeness (QED) is 0.576. The third-order valence-corrected chi connectivity index (χ3v) is 0.582. The molecule has 0 aliphatic rings. The van der Waals surface area contributed by atoms with Crippen LogP contribution >= 0.6 is 0 Å². The summed E-state index contributed by atoms with van der Waals surface area (Å²) in [4.78, 5) is 9.18. The zero-order valence-electron chi connectivity index (χ0n) is 5.69. The van der Waals surface area contributed by atoms with Crippen LogP contribution < -0.4 is 0 Å². The van der Waals surface area contributed by atoms with Crippen LogP contribution in [0.5, 0.6) is 0 Å². The second kappa shape index (κ2) is 7.68. The van der Waals surface area contributed by atoms with Crippen LogP contribution in [0.15, 0.2) is 23.0 Å². The van der Waals surface area contributed by atoms with E-state index in [-0.39, 0.29) is 0 Å². The van der Waals surface area contributed by atoms with E-state index in [9.17, 15) is 4.79 Å². The predicted octanol–water partition coefficient (Wildman–Crippen LogP) is 0.854.